The van der Waals surface area contributed by atoms with E-state index in [4.69, 9.17) is 9.47 Å². The largest absolute Gasteiger partial charge is 0.429 e. The summed E-state index contributed by atoms with van der Waals surface area (Å²) >= 11 is 0. The molecule has 1 unspecified atom stereocenters. The van der Waals surface area contributed by atoms with Gasteiger partial charge < -0.3 is 14.0 Å². The Labute approximate surface area is 114 Å². The molecule has 0 radical (unpaired) electrons. The van der Waals surface area contributed by atoms with Gasteiger partial charge in [-0.1, -0.05) is 30.3 Å². The van der Waals surface area contributed by atoms with Crippen LogP contribution in [0.2, 0.25) is 0 Å². The fourth-order valence-electron chi connectivity index (χ4n) is 2.15. The quantitative estimate of drug-likeness (QED) is 0.612. The van der Waals surface area contributed by atoms with Crippen LogP contribution in [0.15, 0.2) is 30.3 Å². The molecular formula is C15H22NO3+. The molecule has 19 heavy (non-hydrogen) atoms. The lowest BCUT2D eigenvalue weighted by molar-refractivity contribution is -0.905. The minimum absolute atomic E-state index is 0.184. The van der Waals surface area contributed by atoms with Crippen molar-refractivity contribution >= 4 is 5.97 Å². The number of aryl methyl sites for hydroxylation is 1. The van der Waals surface area contributed by atoms with E-state index < -0.39 is 6.29 Å². The van der Waals surface area contributed by atoms with Crippen molar-refractivity contribution in [3.05, 3.63) is 35.9 Å². The third-order valence-corrected chi connectivity index (χ3v) is 3.37. The van der Waals surface area contributed by atoms with E-state index in [2.05, 4.69) is 14.1 Å². The molecule has 1 aliphatic heterocycles. The fraction of sp³-hybridized carbons (Fsp3) is 0.533. The number of carbonyl (C=O) groups is 1. The van der Waals surface area contributed by atoms with Crippen LogP contribution in [0.3, 0.4) is 0 Å². The Morgan fingerprint density at radius 1 is 1.37 bits per heavy atom. The predicted octanol–water partition coefficient (Wildman–Crippen LogP) is 1.60. The molecule has 4 heteroatoms. The van der Waals surface area contributed by atoms with Crippen LogP contribution in [0.4, 0.5) is 0 Å². The summed E-state index contributed by atoms with van der Waals surface area (Å²) in [4.78, 5) is 11.8. The molecule has 2 rings (SSSR count). The van der Waals surface area contributed by atoms with Crippen molar-refractivity contribution in [3.8, 4) is 0 Å². The van der Waals surface area contributed by atoms with Gasteiger partial charge in [-0.25, -0.2) is 0 Å². The normalized spacial score (nSPS) is 21.9. The van der Waals surface area contributed by atoms with E-state index in [1.54, 1.807) is 0 Å². The van der Waals surface area contributed by atoms with Crippen LogP contribution in [0.25, 0.3) is 0 Å². The van der Waals surface area contributed by atoms with Crippen LogP contribution in [0.1, 0.15) is 12.0 Å². The van der Waals surface area contributed by atoms with Crippen molar-refractivity contribution in [1.82, 2.24) is 0 Å². The number of quaternary nitrogens is 1. The third kappa shape index (κ3) is 4.65. The standard InChI is InChI=1S/C15H22NO3/c1-16(2)10-11-18-15(12-16)19-14(17)9-8-13-6-4-3-5-7-13/h3-7,15H,8-12H2,1-2H3/q+1. The van der Waals surface area contributed by atoms with Crippen molar-refractivity contribution in [2.45, 2.75) is 19.1 Å². The molecule has 1 aromatic carbocycles. The van der Waals surface area contributed by atoms with Gasteiger partial charge in [0.15, 0.2) is 0 Å². The molecule has 1 aromatic rings. The molecule has 0 N–H and O–H groups in total. The lowest BCUT2D eigenvalue weighted by Crippen LogP contribution is -2.53. The maximum Gasteiger partial charge on any atom is 0.308 e. The summed E-state index contributed by atoms with van der Waals surface area (Å²) < 4.78 is 11.7. The number of rotatable bonds is 4. The average Bonchev–Trinajstić information content (AvgIpc) is 2.36. The van der Waals surface area contributed by atoms with E-state index in [1.165, 1.54) is 0 Å². The molecule has 104 valence electrons. The first-order valence-corrected chi connectivity index (χ1v) is 6.72. The van der Waals surface area contributed by atoms with Crippen LogP contribution in [0, 0.1) is 0 Å². The van der Waals surface area contributed by atoms with E-state index in [1.807, 2.05) is 30.3 Å². The highest BCUT2D eigenvalue weighted by molar-refractivity contribution is 5.69. The Bertz CT molecular complexity index is 417. The highest BCUT2D eigenvalue weighted by Gasteiger charge is 2.30. The number of carbonyl (C=O) groups excluding carboxylic acids is 1. The summed E-state index contributed by atoms with van der Waals surface area (Å²) in [6.45, 7) is 2.32. The molecule has 1 heterocycles. The van der Waals surface area contributed by atoms with E-state index in [-0.39, 0.29) is 5.97 Å². The molecule has 1 aliphatic rings. The lowest BCUT2D eigenvalue weighted by atomic mass is 10.1. The molecule has 0 bridgehead atoms. The van der Waals surface area contributed by atoms with E-state index in [0.717, 1.165) is 23.1 Å². The van der Waals surface area contributed by atoms with Gasteiger partial charge in [0.2, 0.25) is 0 Å². The number of morpholine rings is 1. The fourth-order valence-corrected chi connectivity index (χ4v) is 2.15. The molecule has 4 nitrogen and oxygen atoms in total. The zero-order valence-electron chi connectivity index (χ0n) is 11.7. The van der Waals surface area contributed by atoms with Gasteiger partial charge in [0, 0.05) is 6.42 Å². The SMILES string of the molecule is C[N+]1(C)CCOC(OC(=O)CCc2ccccc2)C1. The first-order valence-electron chi connectivity index (χ1n) is 6.72. The molecular weight excluding hydrogens is 242 g/mol. The maximum atomic E-state index is 11.8. The highest BCUT2D eigenvalue weighted by atomic mass is 16.7. The number of likely N-dealkylation sites (N-methyl/N-ethyl adjacent to an activating group) is 1. The monoisotopic (exact) mass is 264 g/mol. The zero-order chi connectivity index (χ0) is 13.7. The second-order valence-corrected chi connectivity index (χ2v) is 5.62. The summed E-state index contributed by atoms with van der Waals surface area (Å²) in [7, 11) is 4.24. The van der Waals surface area contributed by atoms with Gasteiger partial charge in [0.1, 0.15) is 19.7 Å². The van der Waals surface area contributed by atoms with Crippen molar-refractivity contribution in [3.63, 3.8) is 0 Å². The molecule has 0 amide bonds. The Hall–Kier alpha value is -1.39. The van der Waals surface area contributed by atoms with Crippen LogP contribution >= 0.6 is 0 Å². The molecule has 1 fully saturated rings. The van der Waals surface area contributed by atoms with Gasteiger partial charge in [-0.15, -0.1) is 0 Å². The molecule has 0 aromatic heterocycles. The van der Waals surface area contributed by atoms with Crippen molar-refractivity contribution in [2.75, 3.05) is 33.8 Å². The summed E-state index contributed by atoms with van der Waals surface area (Å²) in [6, 6.07) is 9.96. The first kappa shape index (κ1) is 14.0. The van der Waals surface area contributed by atoms with Gasteiger partial charge in [0.25, 0.3) is 6.29 Å². The van der Waals surface area contributed by atoms with Crippen LogP contribution in [0.5, 0.6) is 0 Å². The van der Waals surface area contributed by atoms with Gasteiger partial charge in [-0.05, 0) is 12.0 Å². The van der Waals surface area contributed by atoms with Gasteiger partial charge in [-0.2, -0.15) is 0 Å². The van der Waals surface area contributed by atoms with E-state index in [9.17, 15) is 4.79 Å². The molecule has 0 saturated carbocycles. The Balaban J connectivity index is 1.75. The predicted molar refractivity (Wildman–Crippen MR) is 72.4 cm³/mol. The Morgan fingerprint density at radius 3 is 2.79 bits per heavy atom. The zero-order valence-corrected chi connectivity index (χ0v) is 11.7. The average molecular weight is 264 g/mol. The van der Waals surface area contributed by atoms with Gasteiger partial charge >= 0.3 is 5.97 Å². The first-order chi connectivity index (χ1) is 9.05. The molecule has 0 spiro atoms. The van der Waals surface area contributed by atoms with Gasteiger partial charge in [0.05, 0.1) is 14.1 Å². The number of hydrogen-bond acceptors (Lipinski definition) is 3. The van der Waals surface area contributed by atoms with E-state index >= 15 is 0 Å². The number of nitrogens with zero attached hydrogens (tertiary/aromatic N) is 1. The number of esters is 1. The van der Waals surface area contributed by atoms with Crippen molar-refractivity contribution in [1.29, 1.82) is 0 Å². The summed E-state index contributed by atoms with van der Waals surface area (Å²) in [5.41, 5.74) is 1.15. The summed E-state index contributed by atoms with van der Waals surface area (Å²) in [5, 5.41) is 0. The number of benzene rings is 1. The third-order valence-electron chi connectivity index (χ3n) is 3.37. The van der Waals surface area contributed by atoms with Crippen molar-refractivity contribution < 1.29 is 18.8 Å². The smallest absolute Gasteiger partial charge is 0.308 e. The number of ether oxygens (including phenoxy) is 2. The minimum Gasteiger partial charge on any atom is -0.429 e. The summed E-state index contributed by atoms with van der Waals surface area (Å²) in [6.07, 6.45) is 0.717. The molecule has 1 saturated heterocycles. The van der Waals surface area contributed by atoms with Crippen LogP contribution < -0.4 is 0 Å². The van der Waals surface area contributed by atoms with Crippen molar-refractivity contribution in [2.24, 2.45) is 0 Å². The molecule has 0 aliphatic carbocycles. The van der Waals surface area contributed by atoms with Gasteiger partial charge in [-0.3, -0.25) is 4.79 Å². The highest BCUT2D eigenvalue weighted by Crippen LogP contribution is 2.12. The Kier molecular flexibility index (Phi) is 4.56. The lowest BCUT2D eigenvalue weighted by Gasteiger charge is -2.37. The Morgan fingerprint density at radius 2 is 2.11 bits per heavy atom. The maximum absolute atomic E-state index is 11.8. The second-order valence-electron chi connectivity index (χ2n) is 5.62. The minimum atomic E-state index is -0.396. The molecule has 1 atom stereocenters. The van der Waals surface area contributed by atoms with Crippen LogP contribution in [-0.4, -0.2) is 50.5 Å². The topological polar surface area (TPSA) is 35.5 Å². The second kappa shape index (κ2) is 6.17. The van der Waals surface area contributed by atoms with E-state index in [0.29, 0.717) is 19.4 Å². The summed E-state index contributed by atoms with van der Waals surface area (Å²) in [5.74, 6) is -0.184. The number of hydrogen-bond donors (Lipinski definition) is 0. The van der Waals surface area contributed by atoms with Crippen LogP contribution in [-0.2, 0) is 20.7 Å².